The molecule has 5 heteroatoms. The zero-order valence-electron chi connectivity index (χ0n) is 10.0. The molecule has 0 saturated heterocycles. The maximum absolute atomic E-state index is 11.3. The van der Waals surface area contributed by atoms with E-state index in [1.807, 2.05) is 12.1 Å². The molecular weight excluding hydrogens is 218 g/mol. The first-order chi connectivity index (χ1) is 8.17. The summed E-state index contributed by atoms with van der Waals surface area (Å²) in [5.41, 5.74) is 1.20. The molecule has 0 bridgehead atoms. The van der Waals surface area contributed by atoms with Crippen LogP contribution in [0.4, 0.5) is 0 Å². The van der Waals surface area contributed by atoms with Crippen LogP contribution in [0.25, 0.3) is 0 Å². The van der Waals surface area contributed by atoms with E-state index in [1.165, 1.54) is 0 Å². The molecular formula is C12H15N3O2. The number of hydrogen-bond acceptors (Lipinski definition) is 5. The van der Waals surface area contributed by atoms with Gasteiger partial charge in [-0.3, -0.25) is 9.69 Å². The lowest BCUT2D eigenvalue weighted by molar-refractivity contribution is -0.144. The molecule has 0 fully saturated rings. The zero-order valence-corrected chi connectivity index (χ0v) is 10.0. The Kier molecular flexibility index (Phi) is 5.11. The third-order valence-electron chi connectivity index (χ3n) is 2.14. The lowest BCUT2D eigenvalue weighted by Crippen LogP contribution is -2.27. The molecule has 0 amide bonds. The number of pyridine rings is 1. The monoisotopic (exact) mass is 233 g/mol. The van der Waals surface area contributed by atoms with Crippen molar-refractivity contribution in [2.45, 2.75) is 13.5 Å². The highest BCUT2D eigenvalue weighted by atomic mass is 16.5. The maximum atomic E-state index is 11.3. The van der Waals surface area contributed by atoms with Crippen molar-refractivity contribution in [3.05, 3.63) is 29.6 Å². The Bertz CT molecular complexity index is 426. The van der Waals surface area contributed by atoms with Crippen LogP contribution in [0, 0.1) is 11.3 Å². The van der Waals surface area contributed by atoms with Gasteiger partial charge in [-0.25, -0.2) is 4.98 Å². The molecule has 1 heterocycles. The lowest BCUT2D eigenvalue weighted by atomic mass is 10.2. The van der Waals surface area contributed by atoms with Crippen molar-refractivity contribution in [1.82, 2.24) is 9.88 Å². The van der Waals surface area contributed by atoms with Gasteiger partial charge in [-0.1, -0.05) is 6.07 Å². The highest BCUT2D eigenvalue weighted by molar-refractivity contribution is 5.71. The summed E-state index contributed by atoms with van der Waals surface area (Å²) in [6, 6.07) is 5.62. The number of esters is 1. The highest BCUT2D eigenvalue weighted by Crippen LogP contribution is 2.06. The molecule has 1 aromatic heterocycles. The van der Waals surface area contributed by atoms with Gasteiger partial charge in [0.15, 0.2) is 0 Å². The Labute approximate surface area is 101 Å². The van der Waals surface area contributed by atoms with Crippen LogP contribution in [-0.4, -0.2) is 36.1 Å². The minimum absolute atomic E-state index is 0.202. The Hall–Kier alpha value is -1.93. The zero-order chi connectivity index (χ0) is 12.7. The summed E-state index contributed by atoms with van der Waals surface area (Å²) in [5, 5.41) is 8.87. The summed E-state index contributed by atoms with van der Waals surface area (Å²) in [7, 11) is 1.80. The van der Waals surface area contributed by atoms with Gasteiger partial charge in [0.05, 0.1) is 13.2 Å². The number of ether oxygens (including phenoxy) is 1. The number of nitriles is 1. The first-order valence-corrected chi connectivity index (χ1v) is 5.35. The summed E-state index contributed by atoms with van der Waals surface area (Å²) >= 11 is 0. The van der Waals surface area contributed by atoms with E-state index in [4.69, 9.17) is 10.00 Å². The molecule has 90 valence electrons. The minimum Gasteiger partial charge on any atom is -0.465 e. The van der Waals surface area contributed by atoms with Gasteiger partial charge >= 0.3 is 5.97 Å². The van der Waals surface area contributed by atoms with Crippen LogP contribution < -0.4 is 0 Å². The van der Waals surface area contributed by atoms with Crippen molar-refractivity contribution in [3.8, 4) is 6.07 Å². The fourth-order valence-corrected chi connectivity index (χ4v) is 1.44. The van der Waals surface area contributed by atoms with Crippen LogP contribution in [0.1, 0.15) is 18.2 Å². The van der Waals surface area contributed by atoms with E-state index in [9.17, 15) is 4.79 Å². The largest absolute Gasteiger partial charge is 0.465 e. The first kappa shape index (κ1) is 13.1. The Morgan fingerprint density at radius 3 is 3.06 bits per heavy atom. The molecule has 0 spiro atoms. The van der Waals surface area contributed by atoms with Crippen molar-refractivity contribution < 1.29 is 9.53 Å². The van der Waals surface area contributed by atoms with Gasteiger partial charge < -0.3 is 4.74 Å². The van der Waals surface area contributed by atoms with Crippen LogP contribution in [0.2, 0.25) is 0 Å². The molecule has 0 aliphatic rings. The molecule has 1 aromatic rings. The van der Waals surface area contributed by atoms with Gasteiger partial charge in [0.1, 0.15) is 11.8 Å². The highest BCUT2D eigenvalue weighted by Gasteiger charge is 2.10. The topological polar surface area (TPSA) is 66.2 Å². The average Bonchev–Trinajstić information content (AvgIpc) is 2.29. The number of rotatable bonds is 5. The fourth-order valence-electron chi connectivity index (χ4n) is 1.44. The lowest BCUT2D eigenvalue weighted by Gasteiger charge is -2.15. The maximum Gasteiger partial charge on any atom is 0.320 e. The van der Waals surface area contributed by atoms with E-state index in [1.54, 1.807) is 31.1 Å². The predicted molar refractivity (Wildman–Crippen MR) is 61.9 cm³/mol. The van der Waals surface area contributed by atoms with Crippen molar-refractivity contribution in [2.24, 2.45) is 0 Å². The average molecular weight is 233 g/mol. The molecule has 0 radical (unpaired) electrons. The van der Waals surface area contributed by atoms with Gasteiger partial charge in [0.2, 0.25) is 0 Å². The molecule has 0 unspecified atom stereocenters. The Balaban J connectivity index is 2.59. The second kappa shape index (κ2) is 6.61. The third-order valence-corrected chi connectivity index (χ3v) is 2.14. The molecule has 5 nitrogen and oxygen atoms in total. The van der Waals surface area contributed by atoms with Crippen molar-refractivity contribution in [3.63, 3.8) is 0 Å². The second-order valence-electron chi connectivity index (χ2n) is 3.60. The molecule has 0 atom stereocenters. The number of aromatic nitrogens is 1. The van der Waals surface area contributed by atoms with Crippen LogP contribution in [0.5, 0.6) is 0 Å². The van der Waals surface area contributed by atoms with Gasteiger partial charge in [-0.15, -0.1) is 0 Å². The Morgan fingerprint density at radius 1 is 1.65 bits per heavy atom. The van der Waals surface area contributed by atoms with E-state index in [0.29, 0.717) is 18.8 Å². The van der Waals surface area contributed by atoms with E-state index < -0.39 is 0 Å². The standard InChI is InChI=1S/C12H15N3O2/c1-3-17-12(16)9-15(2)8-10-5-4-6-14-11(10)7-13/h4-6H,3,8-9H2,1-2H3. The van der Waals surface area contributed by atoms with Crippen LogP contribution in [-0.2, 0) is 16.1 Å². The van der Waals surface area contributed by atoms with E-state index in [-0.39, 0.29) is 12.5 Å². The van der Waals surface area contributed by atoms with Gasteiger partial charge in [-0.05, 0) is 20.0 Å². The van der Waals surface area contributed by atoms with E-state index in [0.717, 1.165) is 5.56 Å². The second-order valence-corrected chi connectivity index (χ2v) is 3.60. The number of carbonyl (C=O) groups is 1. The summed E-state index contributed by atoms with van der Waals surface area (Å²) < 4.78 is 4.85. The van der Waals surface area contributed by atoms with Crippen molar-refractivity contribution in [1.29, 1.82) is 5.26 Å². The number of carbonyl (C=O) groups excluding carboxylic acids is 1. The molecule has 0 saturated carbocycles. The first-order valence-electron chi connectivity index (χ1n) is 5.35. The summed E-state index contributed by atoms with van der Waals surface area (Å²) in [4.78, 5) is 17.0. The Morgan fingerprint density at radius 2 is 2.41 bits per heavy atom. The van der Waals surface area contributed by atoms with Crippen LogP contribution >= 0.6 is 0 Å². The molecule has 1 rings (SSSR count). The van der Waals surface area contributed by atoms with Crippen LogP contribution in [0.3, 0.4) is 0 Å². The number of nitrogens with zero attached hydrogens (tertiary/aromatic N) is 3. The molecule has 0 aromatic carbocycles. The summed E-state index contributed by atoms with van der Waals surface area (Å²) in [6.45, 7) is 2.85. The van der Waals surface area contributed by atoms with Gasteiger partial charge in [0.25, 0.3) is 0 Å². The predicted octanol–water partition coefficient (Wildman–Crippen LogP) is 0.948. The molecule has 17 heavy (non-hydrogen) atoms. The minimum atomic E-state index is -0.266. The van der Waals surface area contributed by atoms with E-state index >= 15 is 0 Å². The third kappa shape index (κ3) is 4.21. The van der Waals surface area contributed by atoms with E-state index in [2.05, 4.69) is 4.98 Å². The van der Waals surface area contributed by atoms with Crippen LogP contribution in [0.15, 0.2) is 18.3 Å². The van der Waals surface area contributed by atoms with Crippen molar-refractivity contribution >= 4 is 5.97 Å². The SMILES string of the molecule is CCOC(=O)CN(C)Cc1cccnc1C#N. The summed E-state index contributed by atoms with van der Waals surface area (Å²) in [6.07, 6.45) is 1.58. The number of likely N-dealkylation sites (N-methyl/N-ethyl adjacent to an activating group) is 1. The molecule has 0 aliphatic heterocycles. The smallest absolute Gasteiger partial charge is 0.320 e. The van der Waals surface area contributed by atoms with Crippen molar-refractivity contribution in [2.75, 3.05) is 20.2 Å². The molecule has 0 aliphatic carbocycles. The number of hydrogen-bond donors (Lipinski definition) is 0. The fraction of sp³-hybridized carbons (Fsp3) is 0.417. The molecule has 0 N–H and O–H groups in total. The van der Waals surface area contributed by atoms with Gasteiger partial charge in [-0.2, -0.15) is 5.26 Å². The normalized spacial score (nSPS) is 10.0. The quantitative estimate of drug-likeness (QED) is 0.708. The van der Waals surface area contributed by atoms with Gasteiger partial charge in [0, 0.05) is 18.3 Å². The summed E-state index contributed by atoms with van der Waals surface area (Å²) in [5.74, 6) is -0.266.